The molecule has 2 aromatic rings. The fraction of sp³-hybridized carbons (Fsp3) is 0.333. The number of H-pyrrole nitrogens is 1. The van der Waals surface area contributed by atoms with Crippen molar-refractivity contribution in [2.75, 3.05) is 5.73 Å². The second kappa shape index (κ2) is 3.85. The van der Waals surface area contributed by atoms with Crippen molar-refractivity contribution in [3.63, 3.8) is 0 Å². The van der Waals surface area contributed by atoms with Crippen molar-refractivity contribution in [2.45, 2.75) is 24.9 Å². The van der Waals surface area contributed by atoms with Gasteiger partial charge in [-0.15, -0.1) is 0 Å². The first-order valence-corrected chi connectivity index (χ1v) is 5.68. The summed E-state index contributed by atoms with van der Waals surface area (Å²) in [5, 5.41) is 16.8. The number of fused-ring (bicyclic) bond motifs is 1. The number of nitrogen functional groups attached to an aromatic ring is 1. The molecule has 0 saturated carbocycles. The average Bonchev–Trinajstić information content (AvgIpc) is 2.94. The smallest absolute Gasteiger partial charge is 0.124 e. The van der Waals surface area contributed by atoms with E-state index in [0.29, 0.717) is 11.4 Å². The molecule has 2 aromatic heterocycles. The average molecular weight is 230 g/mol. The Balaban J connectivity index is 1.95. The van der Waals surface area contributed by atoms with Crippen LogP contribution in [-0.4, -0.2) is 20.3 Å². The molecule has 0 bridgehead atoms. The number of nitrogens with one attached hydrogen (secondary N) is 1. The highest BCUT2D eigenvalue weighted by Crippen LogP contribution is 2.41. The number of nitrogens with zero attached hydrogens (tertiary/aromatic N) is 2. The molecule has 2 unspecified atom stereocenters. The van der Waals surface area contributed by atoms with Gasteiger partial charge < -0.3 is 10.8 Å². The molecule has 0 radical (unpaired) electrons. The van der Waals surface area contributed by atoms with E-state index in [2.05, 4.69) is 21.2 Å². The Bertz CT molecular complexity index is 537. The summed E-state index contributed by atoms with van der Waals surface area (Å²) in [6, 6.07) is 3.99. The fourth-order valence-corrected chi connectivity index (χ4v) is 2.51. The summed E-state index contributed by atoms with van der Waals surface area (Å²) in [5.74, 6) is 0.452. The molecule has 1 aliphatic rings. The molecule has 2 heterocycles. The Morgan fingerprint density at radius 2 is 2.41 bits per heavy atom. The van der Waals surface area contributed by atoms with Gasteiger partial charge in [-0.05, 0) is 24.5 Å². The van der Waals surface area contributed by atoms with E-state index in [4.69, 9.17) is 5.73 Å². The first-order valence-electron chi connectivity index (χ1n) is 5.68. The van der Waals surface area contributed by atoms with E-state index in [9.17, 15) is 5.11 Å². The maximum atomic E-state index is 10.4. The minimum absolute atomic E-state index is 0.0195. The van der Waals surface area contributed by atoms with Crippen molar-refractivity contribution >= 4 is 5.82 Å². The number of aryl methyl sites for hydroxylation is 1. The number of hydrogen-bond acceptors (Lipinski definition) is 4. The van der Waals surface area contributed by atoms with Gasteiger partial charge in [0.1, 0.15) is 5.82 Å². The Kier molecular flexibility index (Phi) is 2.33. The molecule has 2 atom stereocenters. The van der Waals surface area contributed by atoms with Crippen molar-refractivity contribution in [1.82, 2.24) is 15.2 Å². The highest BCUT2D eigenvalue weighted by Gasteiger charge is 2.32. The van der Waals surface area contributed by atoms with E-state index < -0.39 is 6.10 Å². The molecular weight excluding hydrogens is 216 g/mol. The van der Waals surface area contributed by atoms with E-state index in [1.165, 1.54) is 5.56 Å². The van der Waals surface area contributed by atoms with Crippen molar-refractivity contribution < 1.29 is 5.11 Å². The largest absolute Gasteiger partial charge is 0.388 e. The molecule has 0 fully saturated rings. The number of hydrogen-bond donors (Lipinski definition) is 3. The number of aliphatic hydroxyl groups is 1. The standard InChI is InChI=1S/C12H14N4O/c13-12-9(6-15-16-12)11(17)8-4-3-7-2-1-5-14-10(7)8/h1-2,5-6,8,11,17H,3-4H2,(H3,13,15,16). The minimum atomic E-state index is -0.634. The lowest BCUT2D eigenvalue weighted by atomic mass is 9.95. The summed E-state index contributed by atoms with van der Waals surface area (Å²) >= 11 is 0. The molecule has 4 N–H and O–H groups in total. The maximum absolute atomic E-state index is 10.4. The molecule has 0 aliphatic heterocycles. The summed E-state index contributed by atoms with van der Waals surface area (Å²) in [5.41, 5.74) is 8.60. The number of aromatic amines is 1. The van der Waals surface area contributed by atoms with Crippen LogP contribution in [0.25, 0.3) is 0 Å². The van der Waals surface area contributed by atoms with Crippen LogP contribution in [0.15, 0.2) is 24.5 Å². The number of aromatic nitrogens is 3. The molecule has 0 amide bonds. The van der Waals surface area contributed by atoms with Gasteiger partial charge in [-0.25, -0.2) is 0 Å². The van der Waals surface area contributed by atoms with Gasteiger partial charge in [0.05, 0.1) is 12.3 Å². The molecule has 17 heavy (non-hydrogen) atoms. The van der Waals surface area contributed by atoms with Gasteiger partial charge in [0, 0.05) is 23.4 Å². The SMILES string of the molecule is Nc1[nH]ncc1C(O)C1CCc2cccnc21. The lowest BCUT2D eigenvalue weighted by molar-refractivity contribution is 0.144. The molecule has 1 aliphatic carbocycles. The summed E-state index contributed by atoms with van der Waals surface area (Å²) in [4.78, 5) is 4.37. The van der Waals surface area contributed by atoms with Crippen LogP contribution in [0.1, 0.15) is 35.3 Å². The number of anilines is 1. The second-order valence-corrected chi connectivity index (χ2v) is 4.38. The number of rotatable bonds is 2. The van der Waals surface area contributed by atoms with Crippen LogP contribution in [0.2, 0.25) is 0 Å². The zero-order chi connectivity index (χ0) is 11.8. The Morgan fingerprint density at radius 1 is 1.53 bits per heavy atom. The Labute approximate surface area is 98.7 Å². The normalized spacial score (nSPS) is 20.2. The highest BCUT2D eigenvalue weighted by atomic mass is 16.3. The van der Waals surface area contributed by atoms with Crippen molar-refractivity contribution in [3.05, 3.63) is 41.3 Å². The van der Waals surface area contributed by atoms with Crippen LogP contribution < -0.4 is 5.73 Å². The van der Waals surface area contributed by atoms with E-state index in [1.54, 1.807) is 12.4 Å². The first-order chi connectivity index (χ1) is 8.27. The molecular formula is C12H14N4O. The second-order valence-electron chi connectivity index (χ2n) is 4.38. The van der Waals surface area contributed by atoms with Crippen molar-refractivity contribution in [3.8, 4) is 0 Å². The van der Waals surface area contributed by atoms with Gasteiger partial charge in [-0.2, -0.15) is 5.10 Å². The molecule has 88 valence electrons. The maximum Gasteiger partial charge on any atom is 0.124 e. The lowest BCUT2D eigenvalue weighted by Crippen LogP contribution is -2.10. The van der Waals surface area contributed by atoms with Crippen LogP contribution in [0, 0.1) is 0 Å². The van der Waals surface area contributed by atoms with Crippen LogP contribution in [0.3, 0.4) is 0 Å². The Hall–Kier alpha value is -1.88. The van der Waals surface area contributed by atoms with Gasteiger partial charge in [0.2, 0.25) is 0 Å². The van der Waals surface area contributed by atoms with Gasteiger partial charge in [0.15, 0.2) is 0 Å². The molecule has 0 aromatic carbocycles. The van der Waals surface area contributed by atoms with Crippen LogP contribution >= 0.6 is 0 Å². The topological polar surface area (TPSA) is 87.8 Å². The molecule has 0 saturated heterocycles. The predicted octanol–water partition coefficient (Wildman–Crippen LogP) is 1.15. The monoisotopic (exact) mass is 230 g/mol. The summed E-state index contributed by atoms with van der Waals surface area (Å²) < 4.78 is 0. The Morgan fingerprint density at radius 3 is 3.18 bits per heavy atom. The summed E-state index contributed by atoms with van der Waals surface area (Å²) in [6.45, 7) is 0. The van der Waals surface area contributed by atoms with Gasteiger partial charge in [-0.1, -0.05) is 6.07 Å². The third-order valence-corrected chi connectivity index (χ3v) is 3.40. The first kappa shape index (κ1) is 10.3. The van der Waals surface area contributed by atoms with E-state index in [-0.39, 0.29) is 5.92 Å². The molecule has 5 heteroatoms. The highest BCUT2D eigenvalue weighted by molar-refractivity contribution is 5.41. The van der Waals surface area contributed by atoms with Crippen molar-refractivity contribution in [2.24, 2.45) is 0 Å². The molecule has 5 nitrogen and oxygen atoms in total. The molecule has 3 rings (SSSR count). The molecule has 0 spiro atoms. The quantitative estimate of drug-likeness (QED) is 0.722. The number of pyridine rings is 1. The number of aliphatic hydroxyl groups excluding tert-OH is 1. The predicted molar refractivity (Wildman–Crippen MR) is 63.3 cm³/mol. The zero-order valence-corrected chi connectivity index (χ0v) is 9.30. The third-order valence-electron chi connectivity index (χ3n) is 3.40. The van der Waals surface area contributed by atoms with Crippen LogP contribution in [-0.2, 0) is 6.42 Å². The van der Waals surface area contributed by atoms with E-state index in [1.807, 2.05) is 6.07 Å². The zero-order valence-electron chi connectivity index (χ0n) is 9.30. The van der Waals surface area contributed by atoms with E-state index >= 15 is 0 Å². The van der Waals surface area contributed by atoms with Gasteiger partial charge in [-0.3, -0.25) is 10.1 Å². The fourth-order valence-electron chi connectivity index (χ4n) is 2.51. The van der Waals surface area contributed by atoms with Crippen molar-refractivity contribution in [1.29, 1.82) is 0 Å². The van der Waals surface area contributed by atoms with Crippen LogP contribution in [0.5, 0.6) is 0 Å². The minimum Gasteiger partial charge on any atom is -0.388 e. The van der Waals surface area contributed by atoms with Gasteiger partial charge >= 0.3 is 0 Å². The van der Waals surface area contributed by atoms with Crippen LogP contribution in [0.4, 0.5) is 5.82 Å². The van der Waals surface area contributed by atoms with Gasteiger partial charge in [0.25, 0.3) is 0 Å². The van der Waals surface area contributed by atoms with E-state index in [0.717, 1.165) is 18.5 Å². The lowest BCUT2D eigenvalue weighted by Gasteiger charge is -2.17. The summed E-state index contributed by atoms with van der Waals surface area (Å²) in [6.07, 6.45) is 4.58. The summed E-state index contributed by atoms with van der Waals surface area (Å²) in [7, 11) is 0. The number of nitrogens with two attached hydrogens (primary N) is 1. The third kappa shape index (κ3) is 1.59.